The van der Waals surface area contributed by atoms with E-state index in [4.69, 9.17) is 4.74 Å². The molecule has 3 heteroatoms. The molecule has 0 saturated carbocycles. The largest absolute Gasteiger partial charge is 0.377 e. The molecule has 0 saturated heterocycles. The van der Waals surface area contributed by atoms with E-state index < -0.39 is 0 Å². The van der Waals surface area contributed by atoms with Crippen molar-refractivity contribution in [3.05, 3.63) is 33.8 Å². The van der Waals surface area contributed by atoms with Gasteiger partial charge in [0.05, 0.1) is 18.8 Å². The standard InChI is InChI=1S/C15H24BrNO/c1-5-8-17-15(10-18-11(2)3)13-7-6-12(4)14(16)9-13/h6-7,9,11,15,17H,5,8,10H2,1-4H3. The molecule has 1 aromatic rings. The maximum Gasteiger partial charge on any atom is 0.0664 e. The zero-order valence-electron chi connectivity index (χ0n) is 11.8. The Hall–Kier alpha value is -0.380. The van der Waals surface area contributed by atoms with E-state index in [1.165, 1.54) is 11.1 Å². The highest BCUT2D eigenvalue weighted by atomic mass is 79.9. The molecule has 0 bridgehead atoms. The van der Waals surface area contributed by atoms with Crippen molar-refractivity contribution in [3.63, 3.8) is 0 Å². The predicted molar refractivity (Wildman–Crippen MR) is 81.0 cm³/mol. The van der Waals surface area contributed by atoms with Gasteiger partial charge in [0.1, 0.15) is 0 Å². The lowest BCUT2D eigenvalue weighted by Gasteiger charge is -2.21. The van der Waals surface area contributed by atoms with Crippen molar-refractivity contribution in [2.24, 2.45) is 0 Å². The van der Waals surface area contributed by atoms with Gasteiger partial charge in [-0.15, -0.1) is 0 Å². The molecule has 0 aliphatic carbocycles. The first-order valence-electron chi connectivity index (χ1n) is 6.65. The van der Waals surface area contributed by atoms with Crippen LogP contribution in [0.4, 0.5) is 0 Å². The van der Waals surface area contributed by atoms with Crippen LogP contribution in [0, 0.1) is 6.92 Å². The Bertz CT molecular complexity index is 366. The minimum absolute atomic E-state index is 0.268. The molecule has 1 N–H and O–H groups in total. The fourth-order valence-corrected chi connectivity index (χ4v) is 2.10. The fraction of sp³-hybridized carbons (Fsp3) is 0.600. The first kappa shape index (κ1) is 15.7. The maximum absolute atomic E-state index is 5.75. The smallest absolute Gasteiger partial charge is 0.0664 e. The second-order valence-electron chi connectivity index (χ2n) is 4.90. The van der Waals surface area contributed by atoms with E-state index in [0.29, 0.717) is 6.61 Å². The van der Waals surface area contributed by atoms with Crippen LogP contribution in [0.15, 0.2) is 22.7 Å². The van der Waals surface area contributed by atoms with Gasteiger partial charge in [-0.25, -0.2) is 0 Å². The minimum Gasteiger partial charge on any atom is -0.377 e. The molecule has 18 heavy (non-hydrogen) atoms. The highest BCUT2D eigenvalue weighted by molar-refractivity contribution is 9.10. The van der Waals surface area contributed by atoms with Crippen LogP contribution >= 0.6 is 15.9 Å². The molecule has 0 spiro atoms. The predicted octanol–water partition coefficient (Wildman–Crippen LogP) is 4.22. The molecule has 0 aliphatic rings. The third-order valence-electron chi connectivity index (χ3n) is 2.84. The zero-order valence-corrected chi connectivity index (χ0v) is 13.4. The Kier molecular flexibility index (Phi) is 6.90. The van der Waals surface area contributed by atoms with E-state index in [1.807, 2.05) is 0 Å². The Balaban J connectivity index is 2.76. The summed E-state index contributed by atoms with van der Waals surface area (Å²) in [6.45, 7) is 10.2. The highest BCUT2D eigenvalue weighted by Gasteiger charge is 2.12. The van der Waals surface area contributed by atoms with E-state index in [-0.39, 0.29) is 12.1 Å². The molecule has 102 valence electrons. The van der Waals surface area contributed by atoms with E-state index in [1.54, 1.807) is 0 Å². The van der Waals surface area contributed by atoms with Crippen LogP contribution in [0.3, 0.4) is 0 Å². The number of hydrogen-bond acceptors (Lipinski definition) is 2. The molecule has 2 nitrogen and oxygen atoms in total. The summed E-state index contributed by atoms with van der Waals surface area (Å²) in [5, 5.41) is 3.54. The van der Waals surface area contributed by atoms with Crippen LogP contribution in [0.2, 0.25) is 0 Å². The number of halogens is 1. The highest BCUT2D eigenvalue weighted by Crippen LogP contribution is 2.22. The molecule has 0 aromatic heterocycles. The number of nitrogens with one attached hydrogen (secondary N) is 1. The quantitative estimate of drug-likeness (QED) is 0.813. The van der Waals surface area contributed by atoms with Crippen molar-refractivity contribution in [1.82, 2.24) is 5.32 Å². The first-order chi connectivity index (χ1) is 8.54. The Morgan fingerprint density at radius 1 is 1.33 bits per heavy atom. The van der Waals surface area contributed by atoms with Crippen LogP contribution in [0.1, 0.15) is 44.4 Å². The maximum atomic E-state index is 5.75. The molecular weight excluding hydrogens is 290 g/mol. The third kappa shape index (κ3) is 5.09. The SMILES string of the molecule is CCCNC(COC(C)C)c1ccc(C)c(Br)c1. The molecule has 1 rings (SSSR count). The topological polar surface area (TPSA) is 21.3 Å². The van der Waals surface area contributed by atoms with Crippen molar-refractivity contribution < 1.29 is 4.74 Å². The molecule has 0 radical (unpaired) electrons. The van der Waals surface area contributed by atoms with Crippen LogP contribution in [-0.2, 0) is 4.74 Å². The number of benzene rings is 1. The minimum atomic E-state index is 0.268. The average Bonchev–Trinajstić information content (AvgIpc) is 2.33. The third-order valence-corrected chi connectivity index (χ3v) is 3.69. The van der Waals surface area contributed by atoms with Crippen molar-refractivity contribution in [3.8, 4) is 0 Å². The van der Waals surface area contributed by atoms with Gasteiger partial charge in [0.25, 0.3) is 0 Å². The summed E-state index contributed by atoms with van der Waals surface area (Å²) in [4.78, 5) is 0. The van der Waals surface area contributed by atoms with E-state index >= 15 is 0 Å². The van der Waals surface area contributed by atoms with E-state index in [0.717, 1.165) is 17.4 Å². The summed E-state index contributed by atoms with van der Waals surface area (Å²) in [6, 6.07) is 6.78. The van der Waals surface area contributed by atoms with E-state index in [2.05, 4.69) is 67.1 Å². The lowest BCUT2D eigenvalue weighted by molar-refractivity contribution is 0.0611. The van der Waals surface area contributed by atoms with Gasteiger partial charge in [-0.2, -0.15) is 0 Å². The summed E-state index contributed by atoms with van der Waals surface area (Å²) in [7, 11) is 0. The summed E-state index contributed by atoms with van der Waals surface area (Å²) < 4.78 is 6.91. The van der Waals surface area contributed by atoms with Crippen LogP contribution in [0.25, 0.3) is 0 Å². The Morgan fingerprint density at radius 2 is 2.06 bits per heavy atom. The molecule has 1 aromatic carbocycles. The van der Waals surface area contributed by atoms with Gasteiger partial charge < -0.3 is 10.1 Å². The molecular formula is C15H24BrNO. The average molecular weight is 314 g/mol. The number of ether oxygens (including phenoxy) is 1. The second kappa shape index (κ2) is 7.93. The fourth-order valence-electron chi connectivity index (χ4n) is 1.71. The van der Waals surface area contributed by atoms with Gasteiger partial charge >= 0.3 is 0 Å². The number of rotatable bonds is 7. The molecule has 0 aliphatic heterocycles. The van der Waals surface area contributed by atoms with Gasteiger partial charge in [0.2, 0.25) is 0 Å². The molecule has 0 heterocycles. The Labute approximate surface area is 119 Å². The van der Waals surface area contributed by atoms with Gasteiger partial charge in [-0.05, 0) is 50.9 Å². The zero-order chi connectivity index (χ0) is 13.5. The molecule has 1 unspecified atom stereocenters. The summed E-state index contributed by atoms with van der Waals surface area (Å²) in [5.41, 5.74) is 2.54. The van der Waals surface area contributed by atoms with Crippen molar-refractivity contribution in [2.75, 3.05) is 13.2 Å². The normalized spacial score (nSPS) is 13.0. The monoisotopic (exact) mass is 313 g/mol. The number of hydrogen-bond donors (Lipinski definition) is 1. The lowest BCUT2D eigenvalue weighted by Crippen LogP contribution is -2.27. The van der Waals surface area contributed by atoms with Crippen LogP contribution < -0.4 is 5.32 Å². The van der Waals surface area contributed by atoms with Crippen LogP contribution in [-0.4, -0.2) is 19.3 Å². The first-order valence-corrected chi connectivity index (χ1v) is 7.45. The van der Waals surface area contributed by atoms with Gasteiger partial charge in [0, 0.05) is 4.47 Å². The van der Waals surface area contributed by atoms with Crippen molar-refractivity contribution >= 4 is 15.9 Å². The van der Waals surface area contributed by atoms with Crippen LogP contribution in [0.5, 0.6) is 0 Å². The summed E-state index contributed by atoms with van der Waals surface area (Å²) >= 11 is 3.59. The summed E-state index contributed by atoms with van der Waals surface area (Å²) in [6.07, 6.45) is 1.40. The second-order valence-corrected chi connectivity index (χ2v) is 5.75. The molecule has 0 fully saturated rings. The van der Waals surface area contributed by atoms with Crippen molar-refractivity contribution in [2.45, 2.75) is 46.3 Å². The molecule has 0 amide bonds. The lowest BCUT2D eigenvalue weighted by atomic mass is 10.1. The van der Waals surface area contributed by atoms with Gasteiger partial charge in [0.15, 0.2) is 0 Å². The number of aryl methyl sites for hydroxylation is 1. The van der Waals surface area contributed by atoms with Crippen molar-refractivity contribution in [1.29, 1.82) is 0 Å². The molecule has 1 atom stereocenters. The van der Waals surface area contributed by atoms with Gasteiger partial charge in [-0.1, -0.05) is 35.0 Å². The Morgan fingerprint density at radius 3 is 2.61 bits per heavy atom. The van der Waals surface area contributed by atoms with Gasteiger partial charge in [-0.3, -0.25) is 0 Å². The summed E-state index contributed by atoms with van der Waals surface area (Å²) in [5.74, 6) is 0. The van der Waals surface area contributed by atoms with E-state index in [9.17, 15) is 0 Å².